The maximum Gasteiger partial charge on any atom is 0.420 e. The van der Waals surface area contributed by atoms with Crippen molar-refractivity contribution in [3.05, 3.63) is 24.3 Å². The number of carbonyl (C=O) groups is 3. The number of benzene rings is 1. The van der Waals surface area contributed by atoms with Crippen molar-refractivity contribution in [1.29, 1.82) is 0 Å². The molecule has 5 N–H and O–H groups in total. The molecular weight excluding hydrogens is 624 g/mol. The van der Waals surface area contributed by atoms with E-state index in [-0.39, 0.29) is 23.2 Å². The van der Waals surface area contributed by atoms with Crippen LogP contribution >= 0.6 is 0 Å². The summed E-state index contributed by atoms with van der Waals surface area (Å²) in [4.78, 5) is 37.1. The van der Waals surface area contributed by atoms with E-state index in [9.17, 15) is 39.9 Å². The van der Waals surface area contributed by atoms with Gasteiger partial charge in [-0.15, -0.1) is 0 Å². The van der Waals surface area contributed by atoms with E-state index in [0.29, 0.717) is 12.1 Å². The lowest BCUT2D eigenvalue weighted by Gasteiger charge is -2.39. The third-order valence-corrected chi connectivity index (χ3v) is 8.59. The number of aliphatic hydroxyl groups excluding tert-OH is 4. The number of anilines is 1. The number of quaternary nitrogens is 1. The molecule has 2 amide bonds. The molecule has 0 aromatic heterocycles. The smallest absolute Gasteiger partial charge is 0.420 e. The van der Waals surface area contributed by atoms with E-state index in [1.165, 1.54) is 82.1 Å². The third kappa shape index (κ3) is 15.2. The number of ether oxygens (including phenoxy) is 3. The molecule has 13 nitrogen and oxygen atoms in total. The molecule has 1 unspecified atom stereocenters. The Morgan fingerprint density at radius 1 is 0.854 bits per heavy atom. The van der Waals surface area contributed by atoms with E-state index in [4.69, 9.17) is 14.2 Å². The van der Waals surface area contributed by atoms with Crippen LogP contribution in [0.4, 0.5) is 10.5 Å². The second-order valence-corrected chi connectivity index (χ2v) is 13.3. The molecule has 1 heterocycles. The zero-order valence-corrected chi connectivity index (χ0v) is 28.9. The highest BCUT2D eigenvalue weighted by Gasteiger charge is 2.44. The number of nitrogens with zero attached hydrogens (tertiary/aromatic N) is 1. The van der Waals surface area contributed by atoms with Crippen LogP contribution in [0.25, 0.3) is 0 Å². The van der Waals surface area contributed by atoms with Gasteiger partial charge >= 0.3 is 12.0 Å². The molecule has 2 rings (SSSR count). The quantitative estimate of drug-likeness (QED) is 0.0647. The fourth-order valence-electron chi connectivity index (χ4n) is 5.64. The number of rotatable bonds is 23. The molecule has 1 aliphatic rings. The SMILES string of the molecule is CCCCCCCCCCCCCCCC(=O)OC(CC(=O)[O-])C[N+](C)(C)C(=O)Nc1ccc(O[C@H]2O[C@H](CO)[C@H](O)[C@H](O)[C@H]2O)cc1. The molecule has 1 saturated heterocycles. The van der Waals surface area contributed by atoms with Crippen molar-refractivity contribution < 1.29 is 58.6 Å². The van der Waals surface area contributed by atoms with Gasteiger partial charge < -0.3 is 44.5 Å². The van der Waals surface area contributed by atoms with Crippen molar-refractivity contribution >= 4 is 23.7 Å². The first-order valence-corrected chi connectivity index (χ1v) is 17.5. The van der Waals surface area contributed by atoms with Crippen LogP contribution in [0.1, 0.15) is 103 Å². The number of nitrogens with one attached hydrogen (secondary N) is 1. The summed E-state index contributed by atoms with van der Waals surface area (Å²) < 4.78 is 16.0. The van der Waals surface area contributed by atoms with Crippen LogP contribution in [-0.2, 0) is 19.1 Å². The van der Waals surface area contributed by atoms with Gasteiger partial charge in [0.1, 0.15) is 36.7 Å². The molecule has 48 heavy (non-hydrogen) atoms. The Morgan fingerprint density at radius 2 is 1.40 bits per heavy atom. The van der Waals surface area contributed by atoms with Crippen LogP contribution in [0, 0.1) is 0 Å². The maximum atomic E-state index is 13.1. The normalized spacial score (nSPS) is 21.8. The zero-order chi connectivity index (χ0) is 35.5. The van der Waals surface area contributed by atoms with Gasteiger partial charge in [-0.05, 0) is 30.7 Å². The van der Waals surface area contributed by atoms with Gasteiger partial charge in [-0.25, -0.2) is 9.28 Å². The topological polar surface area (TPSA) is 195 Å². The molecule has 1 aromatic rings. The van der Waals surface area contributed by atoms with Crippen LogP contribution in [0.5, 0.6) is 5.75 Å². The zero-order valence-electron chi connectivity index (χ0n) is 28.9. The lowest BCUT2D eigenvalue weighted by atomic mass is 9.99. The van der Waals surface area contributed by atoms with Gasteiger partial charge in [0.05, 0.1) is 20.7 Å². The molecule has 13 heteroatoms. The van der Waals surface area contributed by atoms with E-state index >= 15 is 0 Å². The number of unbranched alkanes of at least 4 members (excludes halogenated alkanes) is 12. The Bertz CT molecular complexity index is 1080. The minimum absolute atomic E-state index is 0.0948. The van der Waals surface area contributed by atoms with Crippen molar-refractivity contribution in [1.82, 2.24) is 0 Å². The second-order valence-electron chi connectivity index (χ2n) is 13.3. The average Bonchev–Trinajstić information content (AvgIpc) is 3.03. The standard InChI is InChI=1S/C35H58N2O11/c1-4-5-6-7-8-9-10-11-12-13-14-15-16-17-30(41)46-27(22-29(39)40)23-37(2,3)35(45)36-25-18-20-26(21-19-25)47-34-33(44)32(43)31(42)28(24-38)48-34/h18-21,27-28,31-34,38,42-44H,4-17,22-24H2,1-3H3,(H-,36,39,40,45)/t27?,28-,31+,32+,33-,34+/m1/s1. The van der Waals surface area contributed by atoms with Gasteiger partial charge in [-0.1, -0.05) is 84.0 Å². The average molecular weight is 683 g/mol. The number of carbonyl (C=O) groups excluding carboxylic acids is 3. The molecule has 274 valence electrons. The van der Waals surface area contributed by atoms with Crippen LogP contribution in [-0.4, -0.2) is 107 Å². The molecule has 0 aliphatic carbocycles. The predicted octanol–water partition coefficient (Wildman–Crippen LogP) is 3.01. The first-order valence-electron chi connectivity index (χ1n) is 17.5. The number of aliphatic hydroxyl groups is 4. The fraction of sp³-hybridized carbons (Fsp3) is 0.743. The van der Waals surface area contributed by atoms with Crippen molar-refractivity contribution in [2.24, 2.45) is 0 Å². The Labute approximate surface area is 284 Å². The van der Waals surface area contributed by atoms with Crippen LogP contribution < -0.4 is 15.2 Å². The van der Waals surface area contributed by atoms with Crippen molar-refractivity contribution in [2.75, 3.05) is 32.6 Å². The first kappa shape index (κ1) is 41.4. The first-order chi connectivity index (χ1) is 22.9. The Morgan fingerprint density at radius 3 is 1.92 bits per heavy atom. The number of urea groups is 1. The number of esters is 1. The summed E-state index contributed by atoms with van der Waals surface area (Å²) in [5.74, 6) is -1.67. The Kier molecular flexibility index (Phi) is 19.0. The van der Waals surface area contributed by atoms with Gasteiger partial charge in [0.15, 0.2) is 6.10 Å². The van der Waals surface area contributed by atoms with Crippen molar-refractivity contribution in [3.63, 3.8) is 0 Å². The molecule has 6 atom stereocenters. The summed E-state index contributed by atoms with van der Waals surface area (Å²) in [5.41, 5.74) is 0.378. The number of carboxylic acids is 1. The highest BCUT2D eigenvalue weighted by Crippen LogP contribution is 2.25. The van der Waals surface area contributed by atoms with Gasteiger partial charge in [0.2, 0.25) is 6.29 Å². The lowest BCUT2D eigenvalue weighted by Crippen LogP contribution is -2.60. The third-order valence-electron chi connectivity index (χ3n) is 8.59. The number of hydrogen-bond acceptors (Lipinski definition) is 11. The van der Waals surface area contributed by atoms with E-state index < -0.39 is 67.8 Å². The summed E-state index contributed by atoms with van der Waals surface area (Å²) in [7, 11) is 3.13. The molecule has 1 aromatic carbocycles. The molecule has 0 radical (unpaired) electrons. The van der Waals surface area contributed by atoms with E-state index in [2.05, 4.69) is 12.2 Å². The number of aliphatic carboxylic acids is 1. The van der Waals surface area contributed by atoms with Gasteiger partial charge in [0.25, 0.3) is 0 Å². The summed E-state index contributed by atoms with van der Waals surface area (Å²) in [5, 5.41) is 53.5. The number of likely N-dealkylation sites (N-methyl/N-ethyl adjacent to an activating group) is 1. The minimum atomic E-state index is -1.58. The van der Waals surface area contributed by atoms with Crippen molar-refractivity contribution in [3.8, 4) is 5.75 Å². The molecule has 0 bridgehead atoms. The summed E-state index contributed by atoms with van der Waals surface area (Å²) in [6.07, 6.45) is 6.79. The molecular formula is C35H58N2O11. The Balaban J connectivity index is 1.75. The van der Waals surface area contributed by atoms with Gasteiger partial charge in [-0.2, -0.15) is 0 Å². The van der Waals surface area contributed by atoms with Gasteiger partial charge in [0, 0.05) is 24.5 Å². The van der Waals surface area contributed by atoms with Crippen LogP contribution in [0.15, 0.2) is 24.3 Å². The minimum Gasteiger partial charge on any atom is -0.550 e. The van der Waals surface area contributed by atoms with E-state index in [0.717, 1.165) is 19.3 Å². The number of amides is 2. The fourth-order valence-corrected chi connectivity index (χ4v) is 5.64. The highest BCUT2D eigenvalue weighted by molar-refractivity contribution is 5.84. The van der Waals surface area contributed by atoms with Gasteiger partial charge in [-0.3, -0.25) is 10.1 Å². The second kappa shape index (κ2) is 22.0. The van der Waals surface area contributed by atoms with E-state index in [1.54, 1.807) is 14.1 Å². The van der Waals surface area contributed by atoms with Crippen molar-refractivity contribution in [2.45, 2.75) is 140 Å². The largest absolute Gasteiger partial charge is 0.550 e. The molecule has 1 fully saturated rings. The van der Waals surface area contributed by atoms with E-state index in [1.807, 2.05) is 0 Å². The maximum absolute atomic E-state index is 13.1. The molecule has 1 aliphatic heterocycles. The summed E-state index contributed by atoms with van der Waals surface area (Å²) >= 11 is 0. The Hall–Kier alpha value is -2.81. The lowest BCUT2D eigenvalue weighted by molar-refractivity contribution is -0.810. The van der Waals surface area contributed by atoms with Crippen LogP contribution in [0.3, 0.4) is 0 Å². The number of hydrogen-bond donors (Lipinski definition) is 5. The van der Waals surface area contributed by atoms with Crippen LogP contribution in [0.2, 0.25) is 0 Å². The molecule has 0 saturated carbocycles. The predicted molar refractivity (Wildman–Crippen MR) is 177 cm³/mol. The molecule has 0 spiro atoms. The highest BCUT2D eigenvalue weighted by atomic mass is 16.7. The number of carboxylic acid groups (broad SMARTS) is 1. The summed E-state index contributed by atoms with van der Waals surface area (Å²) in [6, 6.07) is 5.51. The summed E-state index contributed by atoms with van der Waals surface area (Å²) in [6.45, 7) is 1.54. The monoisotopic (exact) mass is 682 g/mol.